The van der Waals surface area contributed by atoms with Crippen molar-refractivity contribution in [2.24, 2.45) is 0 Å². The SMILES string of the molecule is COc1ccc(C(=O)NC(C)c2cccc(C(F)(F)F)c2)cc1S(=O)(=O)N1CCCC1. The predicted molar refractivity (Wildman–Crippen MR) is 108 cm³/mol. The third kappa shape index (κ3) is 5.01. The zero-order valence-corrected chi connectivity index (χ0v) is 17.9. The highest BCUT2D eigenvalue weighted by Crippen LogP contribution is 2.32. The second-order valence-electron chi connectivity index (χ2n) is 7.30. The van der Waals surface area contributed by atoms with Crippen LogP contribution in [-0.2, 0) is 16.2 Å². The van der Waals surface area contributed by atoms with E-state index in [1.54, 1.807) is 6.92 Å². The van der Waals surface area contributed by atoms with Crippen LogP contribution in [0.5, 0.6) is 5.75 Å². The highest BCUT2D eigenvalue weighted by Gasteiger charge is 2.32. The first kappa shape index (κ1) is 23.1. The van der Waals surface area contributed by atoms with E-state index in [-0.39, 0.29) is 21.8 Å². The van der Waals surface area contributed by atoms with Crippen LogP contribution in [0, 0.1) is 0 Å². The first-order chi connectivity index (χ1) is 14.5. The van der Waals surface area contributed by atoms with E-state index in [1.165, 1.54) is 41.7 Å². The second-order valence-corrected chi connectivity index (χ2v) is 9.20. The fraction of sp³-hybridized carbons (Fsp3) is 0.381. The normalized spacial score (nSPS) is 16.2. The molecule has 1 heterocycles. The van der Waals surface area contributed by atoms with Gasteiger partial charge in [0.1, 0.15) is 10.6 Å². The Morgan fingerprint density at radius 2 is 1.81 bits per heavy atom. The van der Waals surface area contributed by atoms with Gasteiger partial charge >= 0.3 is 6.18 Å². The number of carbonyl (C=O) groups excluding carboxylic acids is 1. The van der Waals surface area contributed by atoms with Crippen LogP contribution < -0.4 is 10.1 Å². The molecule has 0 saturated carbocycles. The molecule has 0 aliphatic carbocycles. The molecule has 1 atom stereocenters. The second kappa shape index (κ2) is 8.88. The summed E-state index contributed by atoms with van der Waals surface area (Å²) in [6.07, 6.45) is -2.97. The molecule has 1 aliphatic heterocycles. The molecular weight excluding hydrogens is 433 g/mol. The summed E-state index contributed by atoms with van der Waals surface area (Å²) in [5.41, 5.74) is -0.464. The number of carbonyl (C=O) groups is 1. The van der Waals surface area contributed by atoms with Crippen molar-refractivity contribution in [1.29, 1.82) is 0 Å². The molecule has 10 heteroatoms. The number of amides is 1. The minimum Gasteiger partial charge on any atom is -0.495 e. The average Bonchev–Trinajstić information content (AvgIpc) is 3.28. The Labute approximate surface area is 179 Å². The highest BCUT2D eigenvalue weighted by molar-refractivity contribution is 7.89. The fourth-order valence-corrected chi connectivity index (χ4v) is 5.13. The third-order valence-electron chi connectivity index (χ3n) is 5.17. The lowest BCUT2D eigenvalue weighted by molar-refractivity contribution is -0.137. The largest absolute Gasteiger partial charge is 0.495 e. The van der Waals surface area contributed by atoms with E-state index in [0.29, 0.717) is 13.1 Å². The summed E-state index contributed by atoms with van der Waals surface area (Å²) in [6, 6.07) is 8.00. The molecular formula is C21H23F3N2O4S. The van der Waals surface area contributed by atoms with Crippen molar-refractivity contribution in [2.75, 3.05) is 20.2 Å². The standard InChI is InChI=1S/C21H23F3N2O4S/c1-14(15-6-5-7-17(12-15)21(22,23)24)25-20(27)16-8-9-18(30-2)19(13-16)31(28,29)26-10-3-4-11-26/h5-9,12-14H,3-4,10-11H2,1-2H3,(H,25,27). The molecule has 1 amide bonds. The molecule has 31 heavy (non-hydrogen) atoms. The number of hydrogen-bond donors (Lipinski definition) is 1. The first-order valence-electron chi connectivity index (χ1n) is 9.70. The van der Waals surface area contributed by atoms with Crippen LogP contribution in [0.25, 0.3) is 0 Å². The molecule has 1 saturated heterocycles. The molecule has 1 aliphatic rings. The molecule has 0 spiro atoms. The Hall–Kier alpha value is -2.59. The minimum atomic E-state index is -4.49. The van der Waals surface area contributed by atoms with Crippen molar-refractivity contribution in [3.63, 3.8) is 0 Å². The van der Waals surface area contributed by atoms with Gasteiger partial charge in [0.05, 0.1) is 18.7 Å². The number of nitrogens with zero attached hydrogens (tertiary/aromatic N) is 1. The minimum absolute atomic E-state index is 0.0670. The van der Waals surface area contributed by atoms with Gasteiger partial charge in [-0.15, -0.1) is 0 Å². The van der Waals surface area contributed by atoms with Crippen molar-refractivity contribution >= 4 is 15.9 Å². The summed E-state index contributed by atoms with van der Waals surface area (Å²) >= 11 is 0. The van der Waals surface area contributed by atoms with Gasteiger partial charge in [0.15, 0.2) is 0 Å². The van der Waals surface area contributed by atoms with E-state index in [0.717, 1.165) is 25.0 Å². The fourth-order valence-electron chi connectivity index (χ4n) is 3.43. The highest BCUT2D eigenvalue weighted by atomic mass is 32.2. The van der Waals surface area contributed by atoms with Crippen LogP contribution in [0.4, 0.5) is 13.2 Å². The van der Waals surface area contributed by atoms with Crippen LogP contribution in [0.2, 0.25) is 0 Å². The number of alkyl halides is 3. The monoisotopic (exact) mass is 456 g/mol. The lowest BCUT2D eigenvalue weighted by Crippen LogP contribution is -2.29. The van der Waals surface area contributed by atoms with Crippen LogP contribution in [-0.4, -0.2) is 38.8 Å². The van der Waals surface area contributed by atoms with Crippen molar-refractivity contribution in [3.05, 3.63) is 59.2 Å². The summed E-state index contributed by atoms with van der Waals surface area (Å²) in [4.78, 5) is 12.6. The molecule has 0 radical (unpaired) electrons. The van der Waals surface area contributed by atoms with Gasteiger partial charge in [-0.25, -0.2) is 8.42 Å². The van der Waals surface area contributed by atoms with Crippen LogP contribution in [0.15, 0.2) is 47.4 Å². The molecule has 2 aromatic rings. The molecule has 1 fully saturated rings. The molecule has 0 aromatic heterocycles. The molecule has 3 rings (SSSR count). The van der Waals surface area contributed by atoms with Gasteiger partial charge in [-0.2, -0.15) is 17.5 Å². The van der Waals surface area contributed by atoms with Gasteiger partial charge in [0.25, 0.3) is 5.91 Å². The maximum atomic E-state index is 13.0. The van der Waals surface area contributed by atoms with Crippen molar-refractivity contribution in [3.8, 4) is 5.75 Å². The quantitative estimate of drug-likeness (QED) is 0.713. The number of rotatable bonds is 6. The summed E-state index contributed by atoms with van der Waals surface area (Å²) in [7, 11) is -2.50. The number of sulfonamides is 1. The zero-order chi connectivity index (χ0) is 22.8. The Balaban J connectivity index is 1.85. The summed E-state index contributed by atoms with van der Waals surface area (Å²) < 4.78 is 71.3. The predicted octanol–water partition coefficient (Wildman–Crippen LogP) is 3.99. The van der Waals surface area contributed by atoms with Gasteiger partial charge in [-0.1, -0.05) is 12.1 Å². The maximum Gasteiger partial charge on any atom is 0.416 e. The maximum absolute atomic E-state index is 13.0. The molecule has 2 aromatic carbocycles. The van der Waals surface area contributed by atoms with E-state index in [9.17, 15) is 26.4 Å². The van der Waals surface area contributed by atoms with Gasteiger partial charge in [0.2, 0.25) is 10.0 Å². The van der Waals surface area contributed by atoms with Crippen LogP contribution in [0.3, 0.4) is 0 Å². The van der Waals surface area contributed by atoms with Crippen LogP contribution in [0.1, 0.15) is 47.3 Å². The number of methoxy groups -OCH3 is 1. The zero-order valence-electron chi connectivity index (χ0n) is 17.1. The lowest BCUT2D eigenvalue weighted by atomic mass is 10.0. The average molecular weight is 456 g/mol. The summed E-state index contributed by atoms with van der Waals surface area (Å²) in [6.45, 7) is 2.35. The Kier molecular flexibility index (Phi) is 6.61. The van der Waals surface area contributed by atoms with E-state index in [2.05, 4.69) is 5.32 Å². The summed E-state index contributed by atoms with van der Waals surface area (Å²) in [5.74, 6) is -0.486. The topological polar surface area (TPSA) is 75.7 Å². The smallest absolute Gasteiger partial charge is 0.416 e. The van der Waals surface area contributed by atoms with E-state index in [4.69, 9.17) is 4.74 Å². The van der Waals surface area contributed by atoms with Crippen LogP contribution >= 0.6 is 0 Å². The van der Waals surface area contributed by atoms with E-state index in [1.807, 2.05) is 0 Å². The molecule has 6 nitrogen and oxygen atoms in total. The number of benzene rings is 2. The van der Waals surface area contributed by atoms with Gasteiger partial charge in [-0.05, 0) is 55.7 Å². The number of ether oxygens (including phenoxy) is 1. The number of hydrogen-bond acceptors (Lipinski definition) is 4. The van der Waals surface area contributed by atoms with E-state index >= 15 is 0 Å². The van der Waals surface area contributed by atoms with Gasteiger partial charge in [0, 0.05) is 18.7 Å². The molecule has 1 unspecified atom stereocenters. The first-order valence-corrected chi connectivity index (χ1v) is 11.1. The number of halogens is 3. The van der Waals surface area contributed by atoms with Gasteiger partial charge in [-0.3, -0.25) is 4.79 Å². The third-order valence-corrected chi connectivity index (χ3v) is 7.09. The summed E-state index contributed by atoms with van der Waals surface area (Å²) in [5, 5.41) is 2.62. The van der Waals surface area contributed by atoms with Crippen molar-refractivity contribution < 1.29 is 31.1 Å². The Bertz CT molecular complexity index is 1060. The van der Waals surface area contributed by atoms with Crippen molar-refractivity contribution in [2.45, 2.75) is 36.9 Å². The molecule has 168 valence electrons. The lowest BCUT2D eigenvalue weighted by Gasteiger charge is -2.19. The molecule has 1 N–H and O–H groups in total. The Morgan fingerprint density at radius 3 is 2.42 bits per heavy atom. The Morgan fingerprint density at radius 1 is 1.13 bits per heavy atom. The van der Waals surface area contributed by atoms with Gasteiger partial charge < -0.3 is 10.1 Å². The van der Waals surface area contributed by atoms with Crippen molar-refractivity contribution in [1.82, 2.24) is 9.62 Å². The molecule has 0 bridgehead atoms. The van der Waals surface area contributed by atoms with E-state index < -0.39 is 33.7 Å². The number of nitrogens with one attached hydrogen (secondary N) is 1.